The molecule has 174 valence electrons. The second kappa shape index (κ2) is 10.2. The molecule has 0 radical (unpaired) electrons. The molecule has 8 nitrogen and oxygen atoms in total. The Hall–Kier alpha value is -2.20. The highest BCUT2D eigenvalue weighted by atomic mass is 32.1. The number of ether oxygens (including phenoxy) is 2. The number of aromatic nitrogens is 1. The number of piperidine rings is 1. The highest BCUT2D eigenvalue weighted by Gasteiger charge is 2.37. The number of carbonyl (C=O) groups is 1. The van der Waals surface area contributed by atoms with E-state index in [4.69, 9.17) is 14.5 Å². The van der Waals surface area contributed by atoms with Gasteiger partial charge >= 0.3 is 6.03 Å². The summed E-state index contributed by atoms with van der Waals surface area (Å²) < 4.78 is 10.5. The fourth-order valence-corrected chi connectivity index (χ4v) is 5.38. The molecule has 1 atom stereocenters. The van der Waals surface area contributed by atoms with Gasteiger partial charge in [0.25, 0.3) is 0 Å². The number of benzene rings is 1. The van der Waals surface area contributed by atoms with Crippen molar-refractivity contribution in [1.82, 2.24) is 14.8 Å². The van der Waals surface area contributed by atoms with Crippen LogP contribution in [0.25, 0.3) is 0 Å². The molecule has 9 heteroatoms. The number of hydrogen-bond acceptors (Lipinski definition) is 7. The van der Waals surface area contributed by atoms with E-state index in [1.807, 2.05) is 29.6 Å². The topological polar surface area (TPSA) is 87.2 Å². The van der Waals surface area contributed by atoms with Gasteiger partial charge in [0.2, 0.25) is 0 Å². The molecular weight excluding hydrogens is 428 g/mol. The Kier molecular flexibility index (Phi) is 7.30. The van der Waals surface area contributed by atoms with E-state index >= 15 is 0 Å². The number of nitrogens with zero attached hydrogens (tertiary/aromatic N) is 3. The molecule has 1 aromatic carbocycles. The molecule has 32 heavy (non-hydrogen) atoms. The third kappa shape index (κ3) is 5.23. The summed E-state index contributed by atoms with van der Waals surface area (Å²) in [6.07, 6.45) is 3.29. The number of amides is 2. The van der Waals surface area contributed by atoms with Gasteiger partial charge in [-0.05, 0) is 56.5 Å². The zero-order valence-electron chi connectivity index (χ0n) is 18.7. The number of carbonyl (C=O) groups excluding carboxylic acids is 1. The third-order valence-corrected chi connectivity index (χ3v) is 7.28. The smallest absolute Gasteiger partial charge is 0.321 e. The zero-order chi connectivity index (χ0) is 22.6. The van der Waals surface area contributed by atoms with Crippen molar-refractivity contribution in [3.63, 3.8) is 0 Å². The number of aliphatic hydroxyl groups is 1. The van der Waals surface area contributed by atoms with Crippen LogP contribution in [0, 0.1) is 0 Å². The van der Waals surface area contributed by atoms with Gasteiger partial charge in [-0.2, -0.15) is 0 Å². The van der Waals surface area contributed by atoms with Crippen molar-refractivity contribution in [2.24, 2.45) is 0 Å². The quantitative estimate of drug-likeness (QED) is 0.660. The van der Waals surface area contributed by atoms with Crippen LogP contribution in [0.1, 0.15) is 36.4 Å². The lowest BCUT2D eigenvalue weighted by Gasteiger charge is -2.37. The molecule has 2 N–H and O–H groups in total. The average molecular weight is 461 g/mol. The first-order chi connectivity index (χ1) is 15.5. The second-order valence-corrected chi connectivity index (χ2v) is 9.47. The lowest BCUT2D eigenvalue weighted by molar-refractivity contribution is -0.0190. The van der Waals surface area contributed by atoms with Crippen LogP contribution in [0.2, 0.25) is 0 Å². The van der Waals surface area contributed by atoms with Crippen LogP contribution in [0.15, 0.2) is 29.6 Å². The van der Waals surface area contributed by atoms with E-state index in [0.717, 1.165) is 48.3 Å². The Morgan fingerprint density at radius 3 is 2.69 bits per heavy atom. The van der Waals surface area contributed by atoms with Crippen molar-refractivity contribution >= 4 is 23.1 Å². The molecule has 0 saturated carbocycles. The molecule has 4 rings (SSSR count). The Morgan fingerprint density at radius 1 is 1.25 bits per heavy atom. The summed E-state index contributed by atoms with van der Waals surface area (Å²) in [7, 11) is 3.36. The van der Waals surface area contributed by atoms with Crippen molar-refractivity contribution in [3.8, 4) is 5.75 Å². The summed E-state index contributed by atoms with van der Waals surface area (Å²) in [6, 6.07) is 7.53. The highest BCUT2D eigenvalue weighted by molar-refractivity contribution is 7.09. The monoisotopic (exact) mass is 460 g/mol. The first-order valence-corrected chi connectivity index (χ1v) is 12.0. The predicted octanol–water partition coefficient (Wildman–Crippen LogP) is 3.28. The zero-order valence-corrected chi connectivity index (χ0v) is 19.6. The maximum atomic E-state index is 12.6. The summed E-state index contributed by atoms with van der Waals surface area (Å²) in [6.45, 7) is 3.56. The van der Waals surface area contributed by atoms with Gasteiger partial charge in [0, 0.05) is 37.3 Å². The van der Waals surface area contributed by atoms with E-state index in [1.165, 1.54) is 6.42 Å². The summed E-state index contributed by atoms with van der Waals surface area (Å²) in [5, 5.41) is 17.1. The van der Waals surface area contributed by atoms with Gasteiger partial charge in [-0.15, -0.1) is 11.3 Å². The van der Waals surface area contributed by atoms with E-state index in [9.17, 15) is 9.90 Å². The predicted molar refractivity (Wildman–Crippen MR) is 124 cm³/mol. The van der Waals surface area contributed by atoms with Gasteiger partial charge in [0.15, 0.2) is 0 Å². The van der Waals surface area contributed by atoms with Crippen LogP contribution in [0.4, 0.5) is 10.5 Å². The number of methoxy groups -OCH3 is 2. The molecule has 0 bridgehead atoms. The fourth-order valence-electron chi connectivity index (χ4n) is 4.47. The summed E-state index contributed by atoms with van der Waals surface area (Å²) in [5.74, 6) is 0.743. The fraction of sp³-hybridized carbons (Fsp3) is 0.565. The van der Waals surface area contributed by atoms with Crippen molar-refractivity contribution in [3.05, 3.63) is 40.3 Å². The van der Waals surface area contributed by atoms with Crippen LogP contribution in [0.3, 0.4) is 0 Å². The molecule has 2 aliphatic heterocycles. The summed E-state index contributed by atoms with van der Waals surface area (Å²) in [4.78, 5) is 21.6. The van der Waals surface area contributed by atoms with Crippen molar-refractivity contribution in [1.29, 1.82) is 0 Å². The minimum atomic E-state index is -0.984. The lowest BCUT2D eigenvalue weighted by atomic mass is 9.89. The standard InChI is InChI=1S/C23H32N4O4S/c1-30-15-18-4-3-11-27(18)14-21-25-20(16-32-21)23(29)9-12-26(13-10-23)22(28)24-17-5-7-19(31-2)8-6-17/h5-8,16,18,29H,3-4,9-15H2,1-2H3,(H,24,28). The van der Waals surface area contributed by atoms with Gasteiger partial charge in [-0.3, -0.25) is 4.90 Å². The number of thiazole rings is 1. The number of rotatable bonds is 7. The number of likely N-dealkylation sites (tertiary alicyclic amines) is 2. The molecule has 2 saturated heterocycles. The minimum absolute atomic E-state index is 0.158. The number of anilines is 1. The lowest BCUT2D eigenvalue weighted by Crippen LogP contribution is -2.46. The molecule has 2 amide bonds. The van der Waals surface area contributed by atoms with Crippen LogP contribution >= 0.6 is 11.3 Å². The average Bonchev–Trinajstić information content (AvgIpc) is 3.45. The summed E-state index contributed by atoms with van der Waals surface area (Å²) in [5.41, 5.74) is 0.465. The van der Waals surface area contributed by atoms with Gasteiger partial charge in [0.1, 0.15) is 16.4 Å². The van der Waals surface area contributed by atoms with Gasteiger partial charge in [-0.1, -0.05) is 0 Å². The van der Waals surface area contributed by atoms with E-state index in [2.05, 4.69) is 10.2 Å². The normalized spacial score (nSPS) is 21.0. The molecule has 1 aromatic heterocycles. The van der Waals surface area contributed by atoms with Gasteiger partial charge in [0.05, 0.1) is 26.0 Å². The third-order valence-electron chi connectivity index (χ3n) is 6.44. The number of hydrogen-bond donors (Lipinski definition) is 2. The minimum Gasteiger partial charge on any atom is -0.497 e. The van der Waals surface area contributed by atoms with Crippen molar-refractivity contribution in [2.75, 3.05) is 45.8 Å². The Morgan fingerprint density at radius 2 is 2.00 bits per heavy atom. The molecule has 2 aliphatic rings. The molecule has 1 unspecified atom stereocenters. The summed E-state index contributed by atoms with van der Waals surface area (Å²) >= 11 is 1.60. The van der Waals surface area contributed by atoms with Gasteiger partial charge < -0.3 is 24.8 Å². The van der Waals surface area contributed by atoms with Crippen molar-refractivity contribution in [2.45, 2.75) is 43.9 Å². The first-order valence-electron chi connectivity index (χ1n) is 11.1. The number of nitrogens with one attached hydrogen (secondary N) is 1. The van der Waals surface area contributed by atoms with Crippen LogP contribution in [0.5, 0.6) is 5.75 Å². The van der Waals surface area contributed by atoms with Gasteiger partial charge in [-0.25, -0.2) is 9.78 Å². The largest absolute Gasteiger partial charge is 0.497 e. The molecule has 2 fully saturated rings. The second-order valence-electron chi connectivity index (χ2n) is 8.53. The molecular formula is C23H32N4O4S. The Balaban J connectivity index is 1.31. The van der Waals surface area contributed by atoms with E-state index in [-0.39, 0.29) is 6.03 Å². The maximum absolute atomic E-state index is 12.6. The Labute approximate surface area is 193 Å². The van der Waals surface area contributed by atoms with E-state index in [0.29, 0.717) is 32.0 Å². The highest BCUT2D eigenvalue weighted by Crippen LogP contribution is 2.34. The van der Waals surface area contributed by atoms with Crippen LogP contribution in [-0.2, 0) is 16.9 Å². The van der Waals surface area contributed by atoms with E-state index in [1.54, 1.807) is 30.5 Å². The van der Waals surface area contributed by atoms with Crippen LogP contribution in [-0.4, -0.2) is 72.4 Å². The molecule has 2 aromatic rings. The molecule has 0 spiro atoms. The maximum Gasteiger partial charge on any atom is 0.321 e. The SMILES string of the molecule is COCC1CCCN1Cc1nc(C2(O)CCN(C(=O)Nc3ccc(OC)cc3)CC2)cs1. The number of urea groups is 1. The Bertz CT molecular complexity index is 896. The van der Waals surface area contributed by atoms with E-state index < -0.39 is 5.60 Å². The van der Waals surface area contributed by atoms with Crippen molar-refractivity contribution < 1.29 is 19.4 Å². The first kappa shape index (κ1) is 23.0. The molecule has 3 heterocycles. The molecule has 0 aliphatic carbocycles. The van der Waals surface area contributed by atoms with Crippen LogP contribution < -0.4 is 10.1 Å².